The first-order chi connectivity index (χ1) is 9.58. The van der Waals surface area contributed by atoms with Gasteiger partial charge in [-0.3, -0.25) is 0 Å². The molecule has 20 heavy (non-hydrogen) atoms. The Morgan fingerprint density at radius 3 is 2.30 bits per heavy atom. The Morgan fingerprint density at radius 1 is 0.900 bits per heavy atom. The second kappa shape index (κ2) is 4.70. The number of aliphatic hydroxyl groups excluding tert-OH is 2. The van der Waals surface area contributed by atoms with Gasteiger partial charge in [0.15, 0.2) is 6.10 Å². The third-order valence-electron chi connectivity index (χ3n) is 3.45. The van der Waals surface area contributed by atoms with E-state index in [1.807, 2.05) is 0 Å². The Kier molecular flexibility index (Phi) is 3.00. The van der Waals surface area contributed by atoms with Crippen molar-refractivity contribution in [3.05, 3.63) is 53.6 Å². The summed E-state index contributed by atoms with van der Waals surface area (Å²) in [7, 11) is 0. The molecule has 0 bridgehead atoms. The Hall–Kier alpha value is -2.24. The molecule has 0 saturated carbocycles. The zero-order valence-corrected chi connectivity index (χ0v) is 10.5. The number of fused-ring (bicyclic) bond motifs is 1. The molecule has 0 amide bonds. The maximum absolute atomic E-state index is 10.2. The molecule has 2 aromatic rings. The maximum Gasteiger partial charge on any atom is 0.152 e. The lowest BCUT2D eigenvalue weighted by Gasteiger charge is -2.34. The average Bonchev–Trinajstić information content (AvgIpc) is 2.44. The summed E-state index contributed by atoms with van der Waals surface area (Å²) >= 11 is 0. The van der Waals surface area contributed by atoms with Gasteiger partial charge in [-0.2, -0.15) is 0 Å². The largest absolute Gasteiger partial charge is 0.508 e. The predicted molar refractivity (Wildman–Crippen MR) is 70.5 cm³/mol. The van der Waals surface area contributed by atoms with E-state index < -0.39 is 18.3 Å². The molecule has 1 aliphatic rings. The van der Waals surface area contributed by atoms with E-state index in [1.54, 1.807) is 24.3 Å². The summed E-state index contributed by atoms with van der Waals surface area (Å²) < 4.78 is 5.67. The fourth-order valence-corrected chi connectivity index (χ4v) is 2.40. The van der Waals surface area contributed by atoms with E-state index in [4.69, 9.17) is 4.74 Å². The smallest absolute Gasteiger partial charge is 0.152 e. The lowest BCUT2D eigenvalue weighted by Crippen LogP contribution is -2.34. The van der Waals surface area contributed by atoms with Gasteiger partial charge < -0.3 is 25.2 Å². The molecule has 0 spiro atoms. The second-order valence-corrected chi connectivity index (χ2v) is 4.75. The minimum Gasteiger partial charge on any atom is -0.508 e. The standard InChI is InChI=1S/C15H14O5/c16-9-6-4-8(5-7-9)15-14(19)13(18)12-10(17)2-1-3-11(12)20-15/h1-7,13-19H. The molecule has 3 atom stereocenters. The van der Waals surface area contributed by atoms with Crippen molar-refractivity contribution in [2.45, 2.75) is 18.3 Å². The van der Waals surface area contributed by atoms with E-state index in [0.717, 1.165) is 0 Å². The Labute approximate surface area is 115 Å². The van der Waals surface area contributed by atoms with Crippen LogP contribution in [0.25, 0.3) is 0 Å². The highest BCUT2D eigenvalue weighted by molar-refractivity contribution is 5.48. The second-order valence-electron chi connectivity index (χ2n) is 4.75. The zero-order valence-electron chi connectivity index (χ0n) is 10.5. The van der Waals surface area contributed by atoms with Crippen molar-refractivity contribution in [1.29, 1.82) is 0 Å². The third kappa shape index (κ3) is 1.97. The zero-order chi connectivity index (χ0) is 14.3. The summed E-state index contributed by atoms with van der Waals surface area (Å²) in [6.07, 6.45) is -3.21. The van der Waals surface area contributed by atoms with Gasteiger partial charge in [0.1, 0.15) is 29.5 Å². The van der Waals surface area contributed by atoms with Gasteiger partial charge in [-0.15, -0.1) is 0 Å². The number of phenols is 2. The SMILES string of the molecule is Oc1ccc(C2Oc3cccc(O)c3C(O)C2O)cc1. The highest BCUT2D eigenvalue weighted by atomic mass is 16.5. The average molecular weight is 274 g/mol. The normalized spacial score (nSPS) is 24.8. The van der Waals surface area contributed by atoms with Gasteiger partial charge in [-0.1, -0.05) is 18.2 Å². The molecule has 0 aliphatic carbocycles. The fraction of sp³-hybridized carbons (Fsp3) is 0.200. The quantitative estimate of drug-likeness (QED) is 0.634. The van der Waals surface area contributed by atoms with Crippen LogP contribution in [0.3, 0.4) is 0 Å². The van der Waals surface area contributed by atoms with Crippen LogP contribution in [0.4, 0.5) is 0 Å². The maximum atomic E-state index is 10.2. The summed E-state index contributed by atoms with van der Waals surface area (Å²) in [5.74, 6) is 0.330. The highest BCUT2D eigenvalue weighted by Gasteiger charge is 2.38. The van der Waals surface area contributed by atoms with E-state index in [0.29, 0.717) is 11.3 Å². The van der Waals surface area contributed by atoms with Gasteiger partial charge in [0.25, 0.3) is 0 Å². The molecule has 0 radical (unpaired) electrons. The van der Waals surface area contributed by atoms with E-state index in [-0.39, 0.29) is 17.1 Å². The minimum atomic E-state index is -1.24. The first-order valence-electron chi connectivity index (χ1n) is 6.21. The molecular formula is C15H14O5. The first-order valence-corrected chi connectivity index (χ1v) is 6.21. The summed E-state index contributed by atoms with van der Waals surface area (Å²) in [6, 6.07) is 10.8. The molecule has 3 rings (SSSR count). The first kappa shape index (κ1) is 12.8. The van der Waals surface area contributed by atoms with Gasteiger partial charge in [0, 0.05) is 0 Å². The van der Waals surface area contributed by atoms with Crippen LogP contribution in [0.15, 0.2) is 42.5 Å². The van der Waals surface area contributed by atoms with Crippen molar-refractivity contribution >= 4 is 0 Å². The van der Waals surface area contributed by atoms with Gasteiger partial charge in [-0.25, -0.2) is 0 Å². The van der Waals surface area contributed by atoms with Crippen LogP contribution < -0.4 is 4.74 Å². The number of ether oxygens (including phenoxy) is 1. The number of phenolic OH excluding ortho intramolecular Hbond substituents is 2. The monoisotopic (exact) mass is 274 g/mol. The molecule has 4 N–H and O–H groups in total. The van der Waals surface area contributed by atoms with E-state index in [1.165, 1.54) is 18.2 Å². The van der Waals surface area contributed by atoms with Crippen LogP contribution in [0.2, 0.25) is 0 Å². The third-order valence-corrected chi connectivity index (χ3v) is 3.45. The fourth-order valence-electron chi connectivity index (χ4n) is 2.40. The Morgan fingerprint density at radius 2 is 1.60 bits per heavy atom. The van der Waals surface area contributed by atoms with Gasteiger partial charge in [-0.05, 0) is 29.8 Å². The number of hydrogen-bond donors (Lipinski definition) is 4. The molecule has 5 heteroatoms. The van der Waals surface area contributed by atoms with Crippen molar-refractivity contribution in [2.24, 2.45) is 0 Å². The van der Waals surface area contributed by atoms with E-state index in [9.17, 15) is 20.4 Å². The molecule has 0 aromatic heterocycles. The summed E-state index contributed by atoms with van der Waals surface area (Å²) in [4.78, 5) is 0. The van der Waals surface area contributed by atoms with Crippen molar-refractivity contribution in [2.75, 3.05) is 0 Å². The molecule has 0 fully saturated rings. The molecule has 1 heterocycles. The molecule has 5 nitrogen and oxygen atoms in total. The molecule has 3 unspecified atom stereocenters. The molecule has 104 valence electrons. The number of aliphatic hydroxyl groups is 2. The number of aromatic hydroxyl groups is 2. The van der Waals surface area contributed by atoms with Gasteiger partial charge >= 0.3 is 0 Å². The van der Waals surface area contributed by atoms with Crippen LogP contribution in [-0.2, 0) is 0 Å². The Bertz CT molecular complexity index is 623. The molecular weight excluding hydrogens is 260 g/mol. The van der Waals surface area contributed by atoms with Crippen LogP contribution in [0.5, 0.6) is 17.2 Å². The van der Waals surface area contributed by atoms with Gasteiger partial charge in [0.05, 0.1) is 5.56 Å². The number of benzene rings is 2. The topological polar surface area (TPSA) is 90.2 Å². The summed E-state index contributed by atoms with van der Waals surface area (Å²) in [5, 5.41) is 39.4. The number of hydrogen-bond acceptors (Lipinski definition) is 5. The summed E-state index contributed by atoms with van der Waals surface area (Å²) in [5.41, 5.74) is 0.818. The molecule has 1 aliphatic heterocycles. The van der Waals surface area contributed by atoms with Crippen molar-refractivity contribution in [3.63, 3.8) is 0 Å². The van der Waals surface area contributed by atoms with Crippen LogP contribution in [0.1, 0.15) is 23.3 Å². The molecule has 0 saturated heterocycles. The van der Waals surface area contributed by atoms with Crippen LogP contribution in [-0.4, -0.2) is 26.5 Å². The Balaban J connectivity index is 2.02. The van der Waals surface area contributed by atoms with Gasteiger partial charge in [0.2, 0.25) is 0 Å². The highest BCUT2D eigenvalue weighted by Crippen LogP contribution is 2.44. The number of rotatable bonds is 1. The predicted octanol–water partition coefficient (Wildman–Crippen LogP) is 1.63. The van der Waals surface area contributed by atoms with Crippen molar-refractivity contribution < 1.29 is 25.2 Å². The van der Waals surface area contributed by atoms with Crippen molar-refractivity contribution in [3.8, 4) is 17.2 Å². The van der Waals surface area contributed by atoms with E-state index >= 15 is 0 Å². The van der Waals surface area contributed by atoms with Crippen molar-refractivity contribution in [1.82, 2.24) is 0 Å². The van der Waals surface area contributed by atoms with E-state index in [2.05, 4.69) is 0 Å². The summed E-state index contributed by atoms with van der Waals surface area (Å²) in [6.45, 7) is 0. The van der Waals surface area contributed by atoms with Crippen LogP contribution in [0, 0.1) is 0 Å². The van der Waals surface area contributed by atoms with Crippen LogP contribution >= 0.6 is 0 Å². The lowest BCUT2D eigenvalue weighted by molar-refractivity contribution is -0.0709. The molecule has 2 aromatic carbocycles. The lowest BCUT2D eigenvalue weighted by atomic mass is 9.91. The minimum absolute atomic E-state index is 0.109.